The third-order valence-electron chi connectivity index (χ3n) is 1.24. The molecule has 11 heteroatoms. The third kappa shape index (κ3) is 7.07. The van der Waals surface area contributed by atoms with Gasteiger partial charge in [0.1, 0.15) is 0 Å². The summed E-state index contributed by atoms with van der Waals surface area (Å²) in [6.45, 7) is 0. The highest BCUT2D eigenvalue weighted by atomic mass is 35.5. The van der Waals surface area contributed by atoms with Gasteiger partial charge < -0.3 is 17.3 Å². The molecule has 0 fully saturated rings. The zero-order valence-electron chi connectivity index (χ0n) is 7.86. The molecule has 0 aliphatic carbocycles. The number of hydrogen-bond acceptors (Lipinski definition) is 3. The first-order valence-electron chi connectivity index (χ1n) is 3.81. The van der Waals surface area contributed by atoms with Crippen molar-refractivity contribution in [2.45, 2.75) is 0 Å². The van der Waals surface area contributed by atoms with Gasteiger partial charge in [0.15, 0.2) is 4.98 Å². The minimum atomic E-state index is -6.00. The Morgan fingerprint density at radius 1 is 1.35 bits per heavy atom. The van der Waals surface area contributed by atoms with Gasteiger partial charge in [-0.2, -0.15) is 0 Å². The summed E-state index contributed by atoms with van der Waals surface area (Å²) in [5.74, 6) is 0. The van der Waals surface area contributed by atoms with Crippen LogP contribution in [0.1, 0.15) is 0 Å². The van der Waals surface area contributed by atoms with Gasteiger partial charge >= 0.3 is 18.6 Å². The van der Waals surface area contributed by atoms with E-state index in [9.17, 15) is 27.4 Å². The van der Waals surface area contributed by atoms with Crippen LogP contribution in [0, 0.1) is 15.5 Å². The summed E-state index contributed by atoms with van der Waals surface area (Å²) in [6, 6.07) is 3.74. The Bertz CT molecular complexity index is 456. The van der Waals surface area contributed by atoms with Crippen molar-refractivity contribution in [1.82, 2.24) is 0 Å². The van der Waals surface area contributed by atoms with Crippen LogP contribution < -0.4 is 0 Å². The van der Waals surface area contributed by atoms with Gasteiger partial charge in [-0.05, 0) is 6.07 Å². The Morgan fingerprint density at radius 3 is 2.18 bits per heavy atom. The number of nitrogens with zero attached hydrogens (tertiary/aromatic N) is 3. The fraction of sp³-hybridized carbons (Fsp3) is 0. The highest BCUT2D eigenvalue weighted by molar-refractivity contribution is 6.50. The van der Waals surface area contributed by atoms with Gasteiger partial charge in [0, 0.05) is 11.1 Å². The first-order chi connectivity index (χ1) is 7.65. The standard InChI is InChI=1S/C6H3ClN3O2.BF4/c7-4-1-2-6(10(11)12)5(3-4)9-8;2-1(3,4)5/h1-3H;/q+1;-1. The second-order valence-corrected chi connectivity index (χ2v) is 2.92. The number of nitro benzene ring substituents is 1. The van der Waals surface area contributed by atoms with Crippen LogP contribution in [0.5, 0.6) is 0 Å². The minimum absolute atomic E-state index is 0.146. The molecular formula is C6H3BClF4N3O2. The summed E-state index contributed by atoms with van der Waals surface area (Å²) in [5, 5.41) is 18.9. The van der Waals surface area contributed by atoms with Crippen molar-refractivity contribution in [3.63, 3.8) is 0 Å². The molecule has 92 valence electrons. The SMILES string of the molecule is F[B-](F)(F)F.N#[N+]c1cc(Cl)ccc1[N+](=O)[O-]. The lowest BCUT2D eigenvalue weighted by Crippen LogP contribution is -2.02. The summed E-state index contributed by atoms with van der Waals surface area (Å²) in [6.07, 6.45) is 0. The van der Waals surface area contributed by atoms with Crippen molar-refractivity contribution in [1.29, 1.82) is 5.39 Å². The maximum atomic E-state index is 10.3. The molecule has 0 aliphatic heterocycles. The van der Waals surface area contributed by atoms with Crippen LogP contribution in [0.4, 0.5) is 28.6 Å². The second-order valence-electron chi connectivity index (χ2n) is 2.49. The lowest BCUT2D eigenvalue weighted by atomic mass is 10.3. The van der Waals surface area contributed by atoms with Crippen LogP contribution >= 0.6 is 11.6 Å². The molecule has 0 N–H and O–H groups in total. The van der Waals surface area contributed by atoms with Gasteiger partial charge in [-0.3, -0.25) is 10.1 Å². The van der Waals surface area contributed by atoms with E-state index < -0.39 is 12.2 Å². The van der Waals surface area contributed by atoms with Gasteiger partial charge in [0.05, 0.1) is 11.0 Å². The number of nitro groups is 1. The molecule has 5 nitrogen and oxygen atoms in total. The quantitative estimate of drug-likeness (QED) is 0.254. The van der Waals surface area contributed by atoms with Gasteiger partial charge in [-0.15, -0.1) is 0 Å². The molecular weight excluding hydrogens is 268 g/mol. The van der Waals surface area contributed by atoms with Gasteiger partial charge in [-0.25, -0.2) is 0 Å². The summed E-state index contributed by atoms with van der Waals surface area (Å²) in [5.41, 5.74) is -0.422. The number of benzene rings is 1. The van der Waals surface area contributed by atoms with E-state index >= 15 is 0 Å². The van der Waals surface area contributed by atoms with E-state index in [2.05, 4.69) is 4.98 Å². The third-order valence-corrected chi connectivity index (χ3v) is 1.48. The van der Waals surface area contributed by atoms with Crippen molar-refractivity contribution >= 4 is 30.2 Å². The Hall–Kier alpha value is -1.89. The Kier molecular flexibility index (Phi) is 5.33. The average Bonchev–Trinajstić information content (AvgIpc) is 2.14. The van der Waals surface area contributed by atoms with E-state index in [4.69, 9.17) is 17.0 Å². The normalized spacial score (nSPS) is 9.88. The molecule has 0 saturated carbocycles. The van der Waals surface area contributed by atoms with E-state index in [1.54, 1.807) is 0 Å². The maximum absolute atomic E-state index is 10.3. The largest absolute Gasteiger partial charge is 0.673 e. The predicted molar refractivity (Wildman–Crippen MR) is 53.0 cm³/mol. The molecule has 0 saturated heterocycles. The van der Waals surface area contributed by atoms with E-state index in [0.29, 0.717) is 0 Å². The summed E-state index contributed by atoms with van der Waals surface area (Å²) >= 11 is 5.51. The van der Waals surface area contributed by atoms with E-state index in [-0.39, 0.29) is 16.4 Å². The molecule has 0 heterocycles. The number of diazo groups is 1. The van der Waals surface area contributed by atoms with Gasteiger partial charge in [-0.1, -0.05) is 11.6 Å². The molecule has 17 heavy (non-hydrogen) atoms. The average molecular weight is 271 g/mol. The maximum Gasteiger partial charge on any atom is 0.673 e. The molecule has 0 unspecified atom stereocenters. The van der Waals surface area contributed by atoms with Gasteiger partial charge in [0.2, 0.25) is 5.39 Å². The molecule has 0 bridgehead atoms. The molecule has 0 radical (unpaired) electrons. The minimum Gasteiger partial charge on any atom is -0.418 e. The molecule has 0 amide bonds. The molecule has 0 spiro atoms. The lowest BCUT2D eigenvalue weighted by molar-refractivity contribution is -0.383. The topological polar surface area (TPSA) is 71.3 Å². The van der Waals surface area contributed by atoms with Crippen LogP contribution in [0.3, 0.4) is 0 Å². The number of rotatable bonds is 1. The second kappa shape index (κ2) is 6.00. The fourth-order valence-electron chi connectivity index (χ4n) is 0.731. The summed E-state index contributed by atoms with van der Waals surface area (Å²) in [4.78, 5) is 12.4. The predicted octanol–water partition coefficient (Wildman–Crippen LogP) is 4.03. The van der Waals surface area contributed by atoms with Crippen LogP contribution in [-0.2, 0) is 0 Å². The van der Waals surface area contributed by atoms with E-state index in [1.807, 2.05) is 0 Å². The summed E-state index contributed by atoms with van der Waals surface area (Å²) < 4.78 is 39.0. The number of hydrogen-bond donors (Lipinski definition) is 0. The Labute approximate surface area is 96.9 Å². The van der Waals surface area contributed by atoms with Gasteiger partial charge in [0.25, 0.3) is 0 Å². The zero-order valence-corrected chi connectivity index (χ0v) is 8.61. The molecule has 1 aromatic rings. The monoisotopic (exact) mass is 271 g/mol. The van der Waals surface area contributed by atoms with Crippen molar-refractivity contribution in [3.05, 3.63) is 38.3 Å². The molecule has 0 atom stereocenters. The van der Waals surface area contributed by atoms with Crippen LogP contribution in [0.25, 0.3) is 4.98 Å². The van der Waals surface area contributed by atoms with Crippen LogP contribution in [0.2, 0.25) is 5.02 Å². The van der Waals surface area contributed by atoms with Crippen molar-refractivity contribution in [2.24, 2.45) is 0 Å². The Balaban J connectivity index is 0.000000437. The zero-order chi connectivity index (χ0) is 13.6. The highest BCUT2D eigenvalue weighted by Gasteiger charge is 2.24. The molecule has 1 rings (SSSR count). The van der Waals surface area contributed by atoms with Crippen molar-refractivity contribution in [3.8, 4) is 0 Å². The highest BCUT2D eigenvalue weighted by Crippen LogP contribution is 2.29. The van der Waals surface area contributed by atoms with E-state index in [0.717, 1.165) is 0 Å². The summed E-state index contributed by atoms with van der Waals surface area (Å²) in [7, 11) is -6.00. The number of halogens is 5. The first kappa shape index (κ1) is 15.1. The smallest absolute Gasteiger partial charge is 0.418 e. The fourth-order valence-corrected chi connectivity index (χ4v) is 0.897. The van der Waals surface area contributed by atoms with Crippen LogP contribution in [-0.4, -0.2) is 12.2 Å². The molecule has 0 aliphatic rings. The Morgan fingerprint density at radius 2 is 1.82 bits per heavy atom. The lowest BCUT2D eigenvalue weighted by Gasteiger charge is -1.94. The van der Waals surface area contributed by atoms with Crippen molar-refractivity contribution < 1.29 is 22.2 Å². The molecule has 1 aromatic carbocycles. The van der Waals surface area contributed by atoms with E-state index in [1.165, 1.54) is 18.2 Å². The molecule has 0 aromatic heterocycles. The van der Waals surface area contributed by atoms with Crippen molar-refractivity contribution in [2.75, 3.05) is 0 Å². The first-order valence-corrected chi connectivity index (χ1v) is 4.19. The van der Waals surface area contributed by atoms with Crippen LogP contribution in [0.15, 0.2) is 18.2 Å².